The number of hydrogen-bond acceptors (Lipinski definition) is 3. The molecule has 2 N–H and O–H groups in total. The molecule has 82 valence electrons. The van der Waals surface area contributed by atoms with Crippen molar-refractivity contribution >= 4 is 11.6 Å². The Morgan fingerprint density at radius 3 is 2.60 bits per heavy atom. The van der Waals surface area contributed by atoms with E-state index >= 15 is 0 Å². The summed E-state index contributed by atoms with van der Waals surface area (Å²) in [7, 11) is 1.78. The van der Waals surface area contributed by atoms with Crippen molar-refractivity contribution in [3.8, 4) is 0 Å². The van der Waals surface area contributed by atoms with Crippen molar-refractivity contribution in [2.75, 3.05) is 12.4 Å². The molecule has 0 radical (unpaired) electrons. The van der Waals surface area contributed by atoms with E-state index in [1.54, 1.807) is 25.5 Å². The molecular formula is C11H17N3O. The highest BCUT2D eigenvalue weighted by molar-refractivity contribution is 5.99. The molecule has 0 aliphatic carbocycles. The molecule has 15 heavy (non-hydrogen) atoms. The zero-order valence-electron chi connectivity index (χ0n) is 9.59. The van der Waals surface area contributed by atoms with Gasteiger partial charge in [-0.3, -0.25) is 9.78 Å². The number of hydrogen-bond donors (Lipinski definition) is 2. The van der Waals surface area contributed by atoms with Gasteiger partial charge in [-0.25, -0.2) is 0 Å². The molecule has 0 saturated carbocycles. The monoisotopic (exact) mass is 207 g/mol. The molecule has 1 aromatic rings. The minimum atomic E-state index is -0.238. The standard InChI is InChI=1S/C11H17N3O/c1-11(2,3)14-10(15)8-7-13-6-5-9(8)12-4/h5-7H,1-4H3,(H,12,13)(H,14,15). The number of carbonyl (C=O) groups excluding carboxylic acids is 1. The van der Waals surface area contributed by atoms with Gasteiger partial charge in [0.2, 0.25) is 0 Å². The predicted molar refractivity (Wildman–Crippen MR) is 61.0 cm³/mol. The summed E-state index contributed by atoms with van der Waals surface area (Å²) in [5, 5.41) is 5.85. The molecule has 1 rings (SSSR count). The summed E-state index contributed by atoms with van der Waals surface area (Å²) in [5.74, 6) is -0.111. The van der Waals surface area contributed by atoms with Gasteiger partial charge in [0.25, 0.3) is 5.91 Å². The molecular weight excluding hydrogens is 190 g/mol. The largest absolute Gasteiger partial charge is 0.387 e. The van der Waals surface area contributed by atoms with Crippen LogP contribution in [0.4, 0.5) is 5.69 Å². The van der Waals surface area contributed by atoms with E-state index in [9.17, 15) is 4.79 Å². The lowest BCUT2D eigenvalue weighted by atomic mass is 10.1. The fourth-order valence-corrected chi connectivity index (χ4v) is 1.20. The van der Waals surface area contributed by atoms with Gasteiger partial charge < -0.3 is 10.6 Å². The van der Waals surface area contributed by atoms with E-state index in [1.807, 2.05) is 20.8 Å². The Morgan fingerprint density at radius 2 is 2.07 bits per heavy atom. The predicted octanol–water partition coefficient (Wildman–Crippen LogP) is 1.65. The first-order valence-corrected chi connectivity index (χ1v) is 4.88. The number of anilines is 1. The molecule has 0 spiro atoms. The number of aromatic nitrogens is 1. The van der Waals surface area contributed by atoms with E-state index in [1.165, 1.54) is 0 Å². The van der Waals surface area contributed by atoms with Gasteiger partial charge in [0.15, 0.2) is 0 Å². The second kappa shape index (κ2) is 4.29. The van der Waals surface area contributed by atoms with E-state index < -0.39 is 0 Å². The van der Waals surface area contributed by atoms with Crippen molar-refractivity contribution < 1.29 is 4.79 Å². The van der Waals surface area contributed by atoms with Crippen molar-refractivity contribution in [2.24, 2.45) is 0 Å². The molecule has 1 amide bonds. The number of carbonyl (C=O) groups is 1. The van der Waals surface area contributed by atoms with Crippen LogP contribution in [0.2, 0.25) is 0 Å². The van der Waals surface area contributed by atoms with E-state index in [0.717, 1.165) is 5.69 Å². The van der Waals surface area contributed by atoms with Gasteiger partial charge in [0, 0.05) is 30.7 Å². The van der Waals surface area contributed by atoms with E-state index in [-0.39, 0.29) is 11.4 Å². The third-order valence-electron chi connectivity index (χ3n) is 1.82. The molecule has 0 unspecified atom stereocenters. The lowest BCUT2D eigenvalue weighted by Crippen LogP contribution is -2.40. The van der Waals surface area contributed by atoms with Gasteiger partial charge in [0.1, 0.15) is 0 Å². The first-order chi connectivity index (χ1) is 6.94. The van der Waals surface area contributed by atoms with Crippen LogP contribution in [0.15, 0.2) is 18.5 Å². The summed E-state index contributed by atoms with van der Waals surface area (Å²) >= 11 is 0. The van der Waals surface area contributed by atoms with Gasteiger partial charge in [-0.1, -0.05) is 0 Å². The van der Waals surface area contributed by atoms with E-state index in [0.29, 0.717) is 5.56 Å². The number of nitrogens with one attached hydrogen (secondary N) is 2. The SMILES string of the molecule is CNc1ccncc1C(=O)NC(C)(C)C. The maximum Gasteiger partial charge on any atom is 0.255 e. The van der Waals surface area contributed by atoms with Gasteiger partial charge in [-0.05, 0) is 26.8 Å². The minimum Gasteiger partial charge on any atom is -0.387 e. The molecule has 0 fully saturated rings. The van der Waals surface area contributed by atoms with Gasteiger partial charge >= 0.3 is 0 Å². The van der Waals surface area contributed by atoms with Crippen LogP contribution >= 0.6 is 0 Å². The summed E-state index contributed by atoms with van der Waals surface area (Å²) in [4.78, 5) is 15.8. The van der Waals surface area contributed by atoms with Crippen molar-refractivity contribution in [3.63, 3.8) is 0 Å². The molecule has 4 nitrogen and oxygen atoms in total. The van der Waals surface area contributed by atoms with Gasteiger partial charge in [-0.15, -0.1) is 0 Å². The average Bonchev–Trinajstić information content (AvgIpc) is 2.15. The zero-order chi connectivity index (χ0) is 11.5. The topological polar surface area (TPSA) is 54.0 Å². The Balaban J connectivity index is 2.91. The fourth-order valence-electron chi connectivity index (χ4n) is 1.20. The summed E-state index contributed by atoms with van der Waals surface area (Å²) in [5.41, 5.74) is 1.11. The molecule has 0 aliphatic heterocycles. The molecule has 0 aromatic carbocycles. The van der Waals surface area contributed by atoms with Gasteiger partial charge in [-0.2, -0.15) is 0 Å². The third kappa shape index (κ3) is 3.23. The van der Waals surface area contributed by atoms with Crippen LogP contribution in [0.5, 0.6) is 0 Å². The minimum absolute atomic E-state index is 0.111. The maximum atomic E-state index is 11.8. The van der Waals surface area contributed by atoms with E-state index in [4.69, 9.17) is 0 Å². The lowest BCUT2D eigenvalue weighted by molar-refractivity contribution is 0.0920. The van der Waals surface area contributed by atoms with Crippen molar-refractivity contribution in [1.82, 2.24) is 10.3 Å². The van der Waals surface area contributed by atoms with E-state index in [2.05, 4.69) is 15.6 Å². The summed E-state index contributed by atoms with van der Waals surface area (Å²) in [6.45, 7) is 5.83. The quantitative estimate of drug-likeness (QED) is 0.775. The number of amides is 1. The number of pyridine rings is 1. The molecule has 1 heterocycles. The van der Waals surface area contributed by atoms with Crippen LogP contribution in [0.1, 0.15) is 31.1 Å². The second-order valence-electron chi connectivity index (χ2n) is 4.38. The first-order valence-electron chi connectivity index (χ1n) is 4.88. The van der Waals surface area contributed by atoms with Crippen LogP contribution in [0.3, 0.4) is 0 Å². The Kier molecular flexibility index (Phi) is 3.29. The highest BCUT2D eigenvalue weighted by atomic mass is 16.1. The lowest BCUT2D eigenvalue weighted by Gasteiger charge is -2.21. The second-order valence-corrected chi connectivity index (χ2v) is 4.38. The molecule has 4 heteroatoms. The normalized spacial score (nSPS) is 10.9. The summed E-state index contributed by atoms with van der Waals surface area (Å²) < 4.78 is 0. The first kappa shape index (κ1) is 11.5. The Morgan fingerprint density at radius 1 is 1.40 bits per heavy atom. The third-order valence-corrected chi connectivity index (χ3v) is 1.82. The zero-order valence-corrected chi connectivity index (χ0v) is 9.59. The molecule has 0 aliphatic rings. The van der Waals surface area contributed by atoms with Crippen molar-refractivity contribution in [1.29, 1.82) is 0 Å². The number of rotatable bonds is 2. The van der Waals surface area contributed by atoms with Crippen LogP contribution in [-0.2, 0) is 0 Å². The average molecular weight is 207 g/mol. The molecule has 0 saturated heterocycles. The fraction of sp³-hybridized carbons (Fsp3) is 0.455. The Hall–Kier alpha value is -1.58. The maximum absolute atomic E-state index is 11.8. The van der Waals surface area contributed by atoms with Gasteiger partial charge in [0.05, 0.1) is 5.56 Å². The van der Waals surface area contributed by atoms with Crippen molar-refractivity contribution in [3.05, 3.63) is 24.0 Å². The Labute approximate surface area is 90.1 Å². The molecule has 0 bridgehead atoms. The van der Waals surface area contributed by atoms with Crippen LogP contribution < -0.4 is 10.6 Å². The summed E-state index contributed by atoms with van der Waals surface area (Å²) in [6, 6.07) is 1.78. The Bertz CT molecular complexity index is 355. The van der Waals surface area contributed by atoms with Crippen LogP contribution in [0, 0.1) is 0 Å². The van der Waals surface area contributed by atoms with Crippen LogP contribution in [-0.4, -0.2) is 23.5 Å². The van der Waals surface area contributed by atoms with Crippen LogP contribution in [0.25, 0.3) is 0 Å². The highest BCUT2D eigenvalue weighted by Gasteiger charge is 2.17. The number of nitrogens with zero attached hydrogens (tertiary/aromatic N) is 1. The smallest absolute Gasteiger partial charge is 0.255 e. The molecule has 1 aromatic heterocycles. The molecule has 0 atom stereocenters. The highest BCUT2D eigenvalue weighted by Crippen LogP contribution is 2.13. The van der Waals surface area contributed by atoms with Crippen molar-refractivity contribution in [2.45, 2.75) is 26.3 Å². The summed E-state index contributed by atoms with van der Waals surface area (Å²) in [6.07, 6.45) is 3.21.